The standard InChI is InChI=1S/C14H18N2O2/c1-14(2,3)18-13(17)12(11(16)9-15)10-7-5-4-6-8-10/h4-8,11-12H,16H2,1-3H3. The van der Waals surface area contributed by atoms with Crippen LogP contribution < -0.4 is 5.73 Å². The Bertz CT molecular complexity index is 443. The first kappa shape index (κ1) is 14.2. The molecule has 2 unspecified atom stereocenters. The van der Waals surface area contributed by atoms with Crippen LogP contribution in [0.1, 0.15) is 32.3 Å². The van der Waals surface area contributed by atoms with Gasteiger partial charge in [-0.15, -0.1) is 0 Å². The SMILES string of the molecule is CC(C)(C)OC(=O)C(c1ccccc1)C(N)C#N. The fraction of sp³-hybridized carbons (Fsp3) is 0.429. The molecule has 0 aromatic heterocycles. The van der Waals surface area contributed by atoms with Crippen LogP contribution in [-0.2, 0) is 9.53 Å². The number of carbonyl (C=O) groups is 1. The average Bonchev–Trinajstić information content (AvgIpc) is 2.28. The van der Waals surface area contributed by atoms with Crippen LogP contribution in [0.15, 0.2) is 30.3 Å². The molecule has 0 saturated carbocycles. The summed E-state index contributed by atoms with van der Waals surface area (Å²) >= 11 is 0. The number of hydrogen-bond acceptors (Lipinski definition) is 4. The molecule has 2 N–H and O–H groups in total. The molecular weight excluding hydrogens is 228 g/mol. The summed E-state index contributed by atoms with van der Waals surface area (Å²) in [5, 5.41) is 8.93. The van der Waals surface area contributed by atoms with Gasteiger partial charge in [-0.25, -0.2) is 0 Å². The molecule has 0 saturated heterocycles. The van der Waals surface area contributed by atoms with E-state index in [1.165, 1.54) is 0 Å². The number of benzene rings is 1. The summed E-state index contributed by atoms with van der Waals surface area (Å²) in [5.74, 6) is -1.22. The predicted molar refractivity (Wildman–Crippen MR) is 68.6 cm³/mol. The number of nitrogens with two attached hydrogens (primary N) is 1. The van der Waals surface area contributed by atoms with Gasteiger partial charge in [0.2, 0.25) is 0 Å². The maximum atomic E-state index is 12.1. The summed E-state index contributed by atoms with van der Waals surface area (Å²) < 4.78 is 5.31. The molecule has 0 aliphatic heterocycles. The Balaban J connectivity index is 3.01. The van der Waals surface area contributed by atoms with Crippen LogP contribution in [0.25, 0.3) is 0 Å². The zero-order valence-corrected chi connectivity index (χ0v) is 10.9. The van der Waals surface area contributed by atoms with Crippen LogP contribution in [0, 0.1) is 11.3 Å². The molecule has 0 bridgehead atoms. The molecule has 1 aromatic carbocycles. The van der Waals surface area contributed by atoms with E-state index in [4.69, 9.17) is 15.7 Å². The predicted octanol–water partition coefficient (Wildman–Crippen LogP) is 1.96. The lowest BCUT2D eigenvalue weighted by atomic mass is 9.92. The third-order valence-corrected chi connectivity index (χ3v) is 2.33. The van der Waals surface area contributed by atoms with Gasteiger partial charge >= 0.3 is 5.97 Å². The molecule has 4 heteroatoms. The van der Waals surface area contributed by atoms with E-state index >= 15 is 0 Å². The highest BCUT2D eigenvalue weighted by molar-refractivity contribution is 5.80. The smallest absolute Gasteiger partial charge is 0.316 e. The van der Waals surface area contributed by atoms with Crippen LogP contribution in [-0.4, -0.2) is 17.6 Å². The number of hydrogen-bond donors (Lipinski definition) is 1. The molecule has 0 aliphatic carbocycles. The van der Waals surface area contributed by atoms with Crippen LogP contribution in [0.5, 0.6) is 0 Å². The Hall–Kier alpha value is -1.86. The monoisotopic (exact) mass is 246 g/mol. The molecule has 0 amide bonds. The summed E-state index contributed by atoms with van der Waals surface area (Å²) in [6.07, 6.45) is 0. The van der Waals surface area contributed by atoms with Crippen molar-refractivity contribution < 1.29 is 9.53 Å². The number of carbonyl (C=O) groups excluding carboxylic acids is 1. The first-order valence-electron chi connectivity index (χ1n) is 5.78. The van der Waals surface area contributed by atoms with Crippen molar-refractivity contribution in [2.24, 2.45) is 5.73 Å². The molecule has 1 rings (SSSR count). The van der Waals surface area contributed by atoms with Crippen molar-refractivity contribution in [3.05, 3.63) is 35.9 Å². The number of ether oxygens (including phenoxy) is 1. The zero-order chi connectivity index (χ0) is 13.8. The molecule has 0 aliphatic rings. The quantitative estimate of drug-likeness (QED) is 0.827. The van der Waals surface area contributed by atoms with E-state index in [1.807, 2.05) is 12.1 Å². The first-order chi connectivity index (χ1) is 8.35. The molecule has 1 aromatic rings. The molecule has 96 valence electrons. The lowest BCUT2D eigenvalue weighted by Crippen LogP contribution is -2.37. The fourth-order valence-corrected chi connectivity index (χ4v) is 1.59. The molecule has 2 atom stereocenters. The van der Waals surface area contributed by atoms with Gasteiger partial charge in [-0.05, 0) is 26.3 Å². The van der Waals surface area contributed by atoms with E-state index in [0.717, 1.165) is 0 Å². The van der Waals surface area contributed by atoms with Crippen molar-refractivity contribution in [2.45, 2.75) is 38.3 Å². The Kier molecular flexibility index (Phi) is 4.46. The van der Waals surface area contributed by atoms with Crippen molar-refractivity contribution >= 4 is 5.97 Å². The largest absolute Gasteiger partial charge is 0.459 e. The second kappa shape index (κ2) is 5.65. The van der Waals surface area contributed by atoms with Crippen molar-refractivity contribution in [3.63, 3.8) is 0 Å². The van der Waals surface area contributed by atoms with E-state index in [0.29, 0.717) is 5.56 Å². The summed E-state index contributed by atoms with van der Waals surface area (Å²) in [5.41, 5.74) is 5.80. The summed E-state index contributed by atoms with van der Waals surface area (Å²) in [6, 6.07) is 9.98. The normalized spacial score (nSPS) is 14.4. The number of rotatable bonds is 3. The van der Waals surface area contributed by atoms with Gasteiger partial charge in [0.05, 0.1) is 6.07 Å². The minimum atomic E-state index is -0.915. The molecular formula is C14H18N2O2. The summed E-state index contributed by atoms with van der Waals surface area (Å²) in [6.45, 7) is 5.35. The van der Waals surface area contributed by atoms with Crippen LogP contribution in [0.3, 0.4) is 0 Å². The maximum absolute atomic E-state index is 12.1. The molecule has 0 spiro atoms. The van der Waals surface area contributed by atoms with Gasteiger partial charge in [-0.3, -0.25) is 4.79 Å². The highest BCUT2D eigenvalue weighted by atomic mass is 16.6. The lowest BCUT2D eigenvalue weighted by molar-refractivity contribution is -0.156. The molecule has 4 nitrogen and oxygen atoms in total. The van der Waals surface area contributed by atoms with Crippen molar-refractivity contribution in [3.8, 4) is 6.07 Å². The second-order valence-electron chi connectivity index (χ2n) is 5.08. The topological polar surface area (TPSA) is 76.1 Å². The van der Waals surface area contributed by atoms with Gasteiger partial charge in [0.15, 0.2) is 0 Å². The maximum Gasteiger partial charge on any atom is 0.316 e. The van der Waals surface area contributed by atoms with Gasteiger partial charge in [0.25, 0.3) is 0 Å². The van der Waals surface area contributed by atoms with E-state index in [-0.39, 0.29) is 0 Å². The van der Waals surface area contributed by atoms with Crippen molar-refractivity contribution in [1.29, 1.82) is 5.26 Å². The summed E-state index contributed by atoms with van der Waals surface area (Å²) in [7, 11) is 0. The third-order valence-electron chi connectivity index (χ3n) is 2.33. The highest BCUT2D eigenvalue weighted by Crippen LogP contribution is 2.23. The number of nitriles is 1. The van der Waals surface area contributed by atoms with Gasteiger partial charge in [0.1, 0.15) is 17.6 Å². The zero-order valence-electron chi connectivity index (χ0n) is 10.9. The van der Waals surface area contributed by atoms with Crippen LogP contribution >= 0.6 is 0 Å². The Morgan fingerprint density at radius 1 is 1.33 bits per heavy atom. The number of nitrogens with zero attached hydrogens (tertiary/aromatic N) is 1. The van der Waals surface area contributed by atoms with Crippen molar-refractivity contribution in [2.75, 3.05) is 0 Å². The number of esters is 1. The van der Waals surface area contributed by atoms with Gasteiger partial charge in [0, 0.05) is 0 Å². The minimum Gasteiger partial charge on any atom is -0.459 e. The fourth-order valence-electron chi connectivity index (χ4n) is 1.59. The van der Waals surface area contributed by atoms with Crippen LogP contribution in [0.4, 0.5) is 0 Å². The van der Waals surface area contributed by atoms with E-state index < -0.39 is 23.5 Å². The minimum absolute atomic E-state index is 0.470. The van der Waals surface area contributed by atoms with Gasteiger partial charge in [-0.2, -0.15) is 5.26 Å². The van der Waals surface area contributed by atoms with Gasteiger partial charge < -0.3 is 10.5 Å². The lowest BCUT2D eigenvalue weighted by Gasteiger charge is -2.25. The Morgan fingerprint density at radius 2 is 1.89 bits per heavy atom. The average molecular weight is 246 g/mol. The van der Waals surface area contributed by atoms with E-state index in [1.54, 1.807) is 45.0 Å². The molecule has 18 heavy (non-hydrogen) atoms. The van der Waals surface area contributed by atoms with Crippen molar-refractivity contribution in [1.82, 2.24) is 0 Å². The van der Waals surface area contributed by atoms with Gasteiger partial charge in [-0.1, -0.05) is 30.3 Å². The van der Waals surface area contributed by atoms with E-state index in [9.17, 15) is 4.79 Å². The molecule has 0 fully saturated rings. The Labute approximate surface area is 107 Å². The third kappa shape index (κ3) is 3.86. The highest BCUT2D eigenvalue weighted by Gasteiger charge is 2.31. The first-order valence-corrected chi connectivity index (χ1v) is 5.78. The Morgan fingerprint density at radius 3 is 2.33 bits per heavy atom. The molecule has 0 heterocycles. The van der Waals surface area contributed by atoms with E-state index in [2.05, 4.69) is 0 Å². The second-order valence-corrected chi connectivity index (χ2v) is 5.08. The summed E-state index contributed by atoms with van der Waals surface area (Å²) in [4.78, 5) is 12.1. The molecule has 0 radical (unpaired) electrons. The van der Waals surface area contributed by atoms with Crippen LogP contribution in [0.2, 0.25) is 0 Å².